The zero-order valence-corrected chi connectivity index (χ0v) is 20.0. The Kier molecular flexibility index (Phi) is 7.14. The second-order valence-corrected chi connectivity index (χ2v) is 9.65. The van der Waals surface area contributed by atoms with Gasteiger partial charge in [0.1, 0.15) is 0 Å². The molecule has 2 aromatic carbocycles. The Morgan fingerprint density at radius 1 is 1.13 bits per heavy atom. The summed E-state index contributed by atoms with van der Waals surface area (Å²) in [4.78, 5) is 22.5. The minimum atomic E-state index is -0.138. The number of thiazole rings is 1. The molecule has 0 spiro atoms. The van der Waals surface area contributed by atoms with Gasteiger partial charge >= 0.3 is 0 Å². The molecule has 31 heavy (non-hydrogen) atoms. The van der Waals surface area contributed by atoms with E-state index >= 15 is 0 Å². The maximum Gasteiger partial charge on any atom is 0.260 e. The fraction of sp³-hybridized carbons (Fsp3) is 0.391. The summed E-state index contributed by atoms with van der Waals surface area (Å²) in [6.45, 7) is 8.98. The number of rotatable bonds is 6. The highest BCUT2D eigenvalue weighted by Gasteiger charge is 2.23. The Hall–Kier alpha value is -1.70. The standard InChI is InChI=1S/C23H25Cl2N3O2S/c1-15-4-5-16(2)21-20(15)26-23(31-21)28(7-3-6-27-8-10-30-11-9-27)22(29)17-12-18(24)14-19(25)13-17/h4-5,12-14H,3,6-11H2,1-2H3. The number of aryl methyl sites for hydroxylation is 2. The van der Waals surface area contributed by atoms with Crippen molar-refractivity contribution in [1.82, 2.24) is 9.88 Å². The number of nitrogens with zero attached hydrogens (tertiary/aromatic N) is 3. The molecule has 1 aliphatic heterocycles. The lowest BCUT2D eigenvalue weighted by Crippen LogP contribution is -2.39. The number of anilines is 1. The zero-order valence-electron chi connectivity index (χ0n) is 17.7. The highest BCUT2D eigenvalue weighted by Crippen LogP contribution is 2.34. The number of aromatic nitrogens is 1. The van der Waals surface area contributed by atoms with Gasteiger partial charge in [-0.2, -0.15) is 0 Å². The van der Waals surface area contributed by atoms with Crippen molar-refractivity contribution in [1.29, 1.82) is 0 Å². The van der Waals surface area contributed by atoms with E-state index in [2.05, 4.69) is 24.0 Å². The summed E-state index contributed by atoms with van der Waals surface area (Å²) in [7, 11) is 0. The number of hydrogen-bond donors (Lipinski definition) is 0. The third-order valence-corrected chi connectivity index (χ3v) is 7.13. The van der Waals surface area contributed by atoms with E-state index in [0.29, 0.717) is 27.3 Å². The molecule has 164 valence electrons. The molecule has 1 saturated heterocycles. The first-order chi connectivity index (χ1) is 14.9. The van der Waals surface area contributed by atoms with Gasteiger partial charge in [0, 0.05) is 41.8 Å². The van der Waals surface area contributed by atoms with E-state index in [1.807, 2.05) is 6.92 Å². The van der Waals surface area contributed by atoms with Crippen LogP contribution < -0.4 is 4.90 Å². The van der Waals surface area contributed by atoms with E-state index < -0.39 is 0 Å². The molecule has 3 aromatic rings. The average Bonchev–Trinajstić information content (AvgIpc) is 3.20. The Balaban J connectivity index is 1.64. The molecule has 1 aliphatic rings. The van der Waals surface area contributed by atoms with Gasteiger partial charge in [-0.15, -0.1) is 0 Å². The van der Waals surface area contributed by atoms with Crippen LogP contribution in [0.15, 0.2) is 30.3 Å². The molecule has 0 bridgehead atoms. The lowest BCUT2D eigenvalue weighted by Gasteiger charge is -2.27. The van der Waals surface area contributed by atoms with Gasteiger partial charge in [0.15, 0.2) is 5.13 Å². The Morgan fingerprint density at radius 3 is 2.48 bits per heavy atom. The van der Waals surface area contributed by atoms with Gasteiger partial charge in [-0.05, 0) is 49.6 Å². The number of carbonyl (C=O) groups is 1. The number of hydrogen-bond acceptors (Lipinski definition) is 5. The molecule has 0 N–H and O–H groups in total. The predicted octanol–water partition coefficient (Wildman–Crippen LogP) is 5.59. The maximum atomic E-state index is 13.5. The van der Waals surface area contributed by atoms with E-state index in [0.717, 1.165) is 60.6 Å². The van der Waals surface area contributed by atoms with Crippen molar-refractivity contribution >= 4 is 55.8 Å². The minimum absolute atomic E-state index is 0.138. The Bertz CT molecular complexity index is 1040. The first-order valence-electron chi connectivity index (χ1n) is 10.4. The van der Waals surface area contributed by atoms with E-state index in [1.165, 1.54) is 0 Å². The van der Waals surface area contributed by atoms with Crippen LogP contribution >= 0.6 is 34.5 Å². The van der Waals surface area contributed by atoms with Crippen LogP contribution in [-0.4, -0.2) is 55.2 Å². The smallest absolute Gasteiger partial charge is 0.260 e. The van der Waals surface area contributed by atoms with Gasteiger partial charge in [0.2, 0.25) is 0 Å². The first-order valence-corrected chi connectivity index (χ1v) is 11.9. The van der Waals surface area contributed by atoms with Crippen molar-refractivity contribution in [3.05, 3.63) is 57.1 Å². The van der Waals surface area contributed by atoms with Gasteiger partial charge in [-0.1, -0.05) is 46.7 Å². The van der Waals surface area contributed by atoms with Crippen LogP contribution in [0.2, 0.25) is 10.0 Å². The molecule has 0 unspecified atom stereocenters. The third-order valence-electron chi connectivity index (χ3n) is 5.48. The van der Waals surface area contributed by atoms with Crippen LogP contribution in [0.4, 0.5) is 5.13 Å². The van der Waals surface area contributed by atoms with Crippen LogP contribution in [-0.2, 0) is 4.74 Å². The highest BCUT2D eigenvalue weighted by molar-refractivity contribution is 7.22. The fourth-order valence-electron chi connectivity index (χ4n) is 3.76. The van der Waals surface area contributed by atoms with Crippen LogP contribution in [0, 0.1) is 13.8 Å². The molecule has 4 rings (SSSR count). The number of ether oxygens (including phenoxy) is 1. The summed E-state index contributed by atoms with van der Waals surface area (Å²) < 4.78 is 6.55. The maximum absolute atomic E-state index is 13.5. The lowest BCUT2D eigenvalue weighted by atomic mass is 10.1. The van der Waals surface area contributed by atoms with Crippen molar-refractivity contribution in [2.24, 2.45) is 0 Å². The fourth-order valence-corrected chi connectivity index (χ4v) is 5.42. The summed E-state index contributed by atoms with van der Waals surface area (Å²) in [6.07, 6.45) is 0.841. The van der Waals surface area contributed by atoms with Gasteiger partial charge in [0.25, 0.3) is 5.91 Å². The van der Waals surface area contributed by atoms with Gasteiger partial charge in [0.05, 0.1) is 23.4 Å². The minimum Gasteiger partial charge on any atom is -0.379 e. The molecule has 1 aromatic heterocycles. The van der Waals surface area contributed by atoms with Crippen molar-refractivity contribution < 1.29 is 9.53 Å². The van der Waals surface area contributed by atoms with E-state index in [4.69, 9.17) is 32.9 Å². The monoisotopic (exact) mass is 477 g/mol. The topological polar surface area (TPSA) is 45.7 Å². The van der Waals surface area contributed by atoms with Crippen molar-refractivity contribution in [2.75, 3.05) is 44.3 Å². The van der Waals surface area contributed by atoms with Gasteiger partial charge in [-0.25, -0.2) is 4.98 Å². The molecule has 5 nitrogen and oxygen atoms in total. The summed E-state index contributed by atoms with van der Waals surface area (Å²) in [5.41, 5.74) is 3.69. The summed E-state index contributed by atoms with van der Waals surface area (Å²) in [5.74, 6) is -0.138. The average molecular weight is 478 g/mol. The lowest BCUT2D eigenvalue weighted by molar-refractivity contribution is 0.0376. The molecule has 0 atom stereocenters. The Labute approximate surface area is 196 Å². The van der Waals surface area contributed by atoms with Crippen molar-refractivity contribution in [2.45, 2.75) is 20.3 Å². The third kappa shape index (κ3) is 5.21. The first kappa shape index (κ1) is 22.5. The molecule has 2 heterocycles. The summed E-state index contributed by atoms with van der Waals surface area (Å²) in [5, 5.41) is 1.59. The normalized spacial score (nSPS) is 14.8. The van der Waals surface area contributed by atoms with Crippen LogP contribution in [0.3, 0.4) is 0 Å². The quantitative estimate of drug-likeness (QED) is 0.464. The Morgan fingerprint density at radius 2 is 1.81 bits per heavy atom. The van der Waals surface area contributed by atoms with Crippen LogP contribution in [0.5, 0.6) is 0 Å². The van der Waals surface area contributed by atoms with Crippen molar-refractivity contribution in [3.63, 3.8) is 0 Å². The summed E-state index contributed by atoms with van der Waals surface area (Å²) in [6, 6.07) is 9.12. The van der Waals surface area contributed by atoms with E-state index in [1.54, 1.807) is 34.4 Å². The molecular weight excluding hydrogens is 453 g/mol. The van der Waals surface area contributed by atoms with Crippen molar-refractivity contribution in [3.8, 4) is 0 Å². The molecule has 0 radical (unpaired) electrons. The molecule has 1 amide bonds. The van der Waals surface area contributed by atoms with E-state index in [9.17, 15) is 4.79 Å². The molecule has 0 aliphatic carbocycles. The number of benzene rings is 2. The van der Waals surface area contributed by atoms with E-state index in [-0.39, 0.29) is 5.91 Å². The number of carbonyl (C=O) groups excluding carboxylic acids is 1. The molecule has 1 fully saturated rings. The van der Waals surface area contributed by atoms with Gasteiger partial charge in [-0.3, -0.25) is 14.6 Å². The number of morpholine rings is 1. The predicted molar refractivity (Wildman–Crippen MR) is 129 cm³/mol. The molecular formula is C23H25Cl2N3O2S. The SMILES string of the molecule is Cc1ccc(C)c2sc(N(CCCN3CCOCC3)C(=O)c3cc(Cl)cc(Cl)c3)nc12. The largest absolute Gasteiger partial charge is 0.379 e. The number of halogens is 2. The van der Waals surface area contributed by atoms with Crippen LogP contribution in [0.25, 0.3) is 10.2 Å². The number of amides is 1. The summed E-state index contributed by atoms with van der Waals surface area (Å²) >= 11 is 13.9. The molecule has 0 saturated carbocycles. The highest BCUT2D eigenvalue weighted by atomic mass is 35.5. The second kappa shape index (κ2) is 9.84. The zero-order chi connectivity index (χ0) is 22.0. The van der Waals surface area contributed by atoms with Gasteiger partial charge < -0.3 is 4.74 Å². The second-order valence-electron chi connectivity index (χ2n) is 7.80. The van der Waals surface area contributed by atoms with Crippen LogP contribution in [0.1, 0.15) is 27.9 Å². The number of fused-ring (bicyclic) bond motifs is 1. The molecule has 8 heteroatoms.